The number of aldehydes is 1. The van der Waals surface area contributed by atoms with Gasteiger partial charge in [-0.05, 0) is 49.9 Å². The summed E-state index contributed by atoms with van der Waals surface area (Å²) in [6, 6.07) is 5.87. The third-order valence-corrected chi connectivity index (χ3v) is 3.03. The number of hydrogen-bond donors (Lipinski definition) is 1. The highest BCUT2D eigenvalue weighted by molar-refractivity contribution is 5.77. The summed E-state index contributed by atoms with van der Waals surface area (Å²) in [5.41, 5.74) is 3.35. The first-order valence-electron chi connectivity index (χ1n) is 5.39. The minimum Gasteiger partial charge on any atom is -0.380 e. The standard InChI is InChI=1S/C13H17NO/c1-9-7-13(2,3)14-12-5-4-10(8-15)6-11(9)12/h4-6,8-9,14H,7H2,1-3H3. The van der Waals surface area contributed by atoms with Crippen molar-refractivity contribution in [2.75, 3.05) is 5.32 Å². The van der Waals surface area contributed by atoms with E-state index in [1.165, 1.54) is 11.3 Å². The molecular formula is C13H17NO. The van der Waals surface area contributed by atoms with Crippen molar-refractivity contribution in [3.8, 4) is 0 Å². The summed E-state index contributed by atoms with van der Waals surface area (Å²) in [5, 5.41) is 3.50. The Morgan fingerprint density at radius 3 is 2.87 bits per heavy atom. The first-order chi connectivity index (χ1) is 7.02. The van der Waals surface area contributed by atoms with Crippen LogP contribution in [0.25, 0.3) is 0 Å². The average Bonchev–Trinajstić information content (AvgIpc) is 2.15. The van der Waals surface area contributed by atoms with Gasteiger partial charge in [0.1, 0.15) is 6.29 Å². The van der Waals surface area contributed by atoms with Gasteiger partial charge >= 0.3 is 0 Å². The minimum absolute atomic E-state index is 0.148. The normalized spacial score (nSPS) is 22.7. The second kappa shape index (κ2) is 3.37. The van der Waals surface area contributed by atoms with Gasteiger partial charge in [0.25, 0.3) is 0 Å². The summed E-state index contributed by atoms with van der Waals surface area (Å²) in [7, 11) is 0. The molecule has 2 rings (SSSR count). The average molecular weight is 203 g/mol. The highest BCUT2D eigenvalue weighted by atomic mass is 16.1. The number of carbonyl (C=O) groups is 1. The summed E-state index contributed by atoms with van der Waals surface area (Å²) < 4.78 is 0. The van der Waals surface area contributed by atoms with E-state index >= 15 is 0 Å². The second-order valence-electron chi connectivity index (χ2n) is 5.08. The van der Waals surface area contributed by atoms with Crippen LogP contribution in [-0.2, 0) is 0 Å². The van der Waals surface area contributed by atoms with Gasteiger partial charge in [0.2, 0.25) is 0 Å². The summed E-state index contributed by atoms with van der Waals surface area (Å²) in [5.74, 6) is 0.510. The number of anilines is 1. The van der Waals surface area contributed by atoms with E-state index in [9.17, 15) is 4.79 Å². The van der Waals surface area contributed by atoms with Crippen LogP contribution in [0.2, 0.25) is 0 Å². The SMILES string of the molecule is CC1CC(C)(C)Nc2ccc(C=O)cc21. The number of fused-ring (bicyclic) bond motifs is 1. The van der Waals surface area contributed by atoms with E-state index in [0.717, 1.165) is 18.3 Å². The van der Waals surface area contributed by atoms with Crippen LogP contribution in [0.1, 0.15) is 49.0 Å². The van der Waals surface area contributed by atoms with Crippen LogP contribution < -0.4 is 5.32 Å². The fourth-order valence-electron chi connectivity index (χ4n) is 2.47. The molecule has 2 heteroatoms. The van der Waals surface area contributed by atoms with Crippen LogP contribution in [0.15, 0.2) is 18.2 Å². The van der Waals surface area contributed by atoms with Crippen LogP contribution in [0, 0.1) is 0 Å². The van der Waals surface area contributed by atoms with Gasteiger partial charge in [0.15, 0.2) is 0 Å². The van der Waals surface area contributed by atoms with Crippen LogP contribution in [0.4, 0.5) is 5.69 Å². The molecular weight excluding hydrogens is 186 g/mol. The largest absolute Gasteiger partial charge is 0.380 e. The maximum Gasteiger partial charge on any atom is 0.150 e. The zero-order valence-corrected chi connectivity index (χ0v) is 9.50. The van der Waals surface area contributed by atoms with Crippen molar-refractivity contribution in [1.29, 1.82) is 0 Å². The maximum atomic E-state index is 10.7. The molecule has 15 heavy (non-hydrogen) atoms. The van der Waals surface area contributed by atoms with Crippen molar-refractivity contribution >= 4 is 12.0 Å². The van der Waals surface area contributed by atoms with Gasteiger partial charge in [-0.2, -0.15) is 0 Å². The van der Waals surface area contributed by atoms with E-state index in [1.54, 1.807) is 0 Å². The predicted octanol–water partition coefficient (Wildman–Crippen LogP) is 3.20. The van der Waals surface area contributed by atoms with Gasteiger partial charge in [-0.1, -0.05) is 6.92 Å². The Balaban J connectivity index is 2.45. The Bertz CT molecular complexity index is 396. The zero-order chi connectivity index (χ0) is 11.1. The van der Waals surface area contributed by atoms with E-state index in [-0.39, 0.29) is 5.54 Å². The molecule has 0 aliphatic carbocycles. The quantitative estimate of drug-likeness (QED) is 0.710. The lowest BCUT2D eigenvalue weighted by atomic mass is 9.81. The summed E-state index contributed by atoms with van der Waals surface area (Å²) >= 11 is 0. The number of rotatable bonds is 1. The molecule has 0 saturated carbocycles. The van der Waals surface area contributed by atoms with Crippen LogP contribution in [0.3, 0.4) is 0 Å². The number of hydrogen-bond acceptors (Lipinski definition) is 2. The highest BCUT2D eigenvalue weighted by Gasteiger charge is 2.28. The summed E-state index contributed by atoms with van der Waals surface area (Å²) in [6.45, 7) is 6.64. The van der Waals surface area contributed by atoms with E-state index < -0.39 is 0 Å². The van der Waals surface area contributed by atoms with Gasteiger partial charge in [-0.3, -0.25) is 4.79 Å². The van der Waals surface area contributed by atoms with Gasteiger partial charge in [-0.15, -0.1) is 0 Å². The molecule has 1 heterocycles. The van der Waals surface area contributed by atoms with E-state index in [2.05, 4.69) is 26.1 Å². The molecule has 0 radical (unpaired) electrons. The van der Waals surface area contributed by atoms with E-state index in [4.69, 9.17) is 0 Å². The van der Waals surface area contributed by atoms with Crippen molar-refractivity contribution in [1.82, 2.24) is 0 Å². The Labute approximate surface area is 90.7 Å². The molecule has 1 aromatic rings. The first-order valence-corrected chi connectivity index (χ1v) is 5.39. The highest BCUT2D eigenvalue weighted by Crippen LogP contribution is 2.38. The molecule has 0 amide bonds. The van der Waals surface area contributed by atoms with Crippen LogP contribution in [0.5, 0.6) is 0 Å². The molecule has 0 aromatic heterocycles. The Hall–Kier alpha value is -1.31. The van der Waals surface area contributed by atoms with E-state index in [0.29, 0.717) is 5.92 Å². The third-order valence-electron chi connectivity index (χ3n) is 3.03. The first kappa shape index (κ1) is 10.2. The van der Waals surface area contributed by atoms with Crippen LogP contribution >= 0.6 is 0 Å². The lowest BCUT2D eigenvalue weighted by molar-refractivity contribution is 0.112. The number of benzene rings is 1. The van der Waals surface area contributed by atoms with Crippen molar-refractivity contribution in [2.24, 2.45) is 0 Å². The Kier molecular flexibility index (Phi) is 2.29. The number of nitrogens with one attached hydrogen (secondary N) is 1. The summed E-state index contributed by atoms with van der Waals surface area (Å²) in [6.07, 6.45) is 2.01. The predicted molar refractivity (Wildman–Crippen MR) is 62.6 cm³/mol. The molecule has 0 fully saturated rings. The molecule has 1 atom stereocenters. The Morgan fingerprint density at radius 1 is 1.47 bits per heavy atom. The molecule has 1 aromatic carbocycles. The van der Waals surface area contributed by atoms with E-state index in [1.807, 2.05) is 18.2 Å². The molecule has 1 unspecified atom stereocenters. The zero-order valence-electron chi connectivity index (χ0n) is 9.50. The van der Waals surface area contributed by atoms with Gasteiger partial charge in [-0.25, -0.2) is 0 Å². The third kappa shape index (κ3) is 1.89. The smallest absolute Gasteiger partial charge is 0.150 e. The van der Waals surface area contributed by atoms with Crippen molar-refractivity contribution in [2.45, 2.75) is 38.6 Å². The Morgan fingerprint density at radius 2 is 2.20 bits per heavy atom. The topological polar surface area (TPSA) is 29.1 Å². The molecule has 2 nitrogen and oxygen atoms in total. The molecule has 1 aliphatic heterocycles. The maximum absolute atomic E-state index is 10.7. The molecule has 1 N–H and O–H groups in total. The monoisotopic (exact) mass is 203 g/mol. The van der Waals surface area contributed by atoms with Crippen molar-refractivity contribution in [3.05, 3.63) is 29.3 Å². The minimum atomic E-state index is 0.148. The second-order valence-corrected chi connectivity index (χ2v) is 5.08. The molecule has 0 spiro atoms. The molecule has 0 bridgehead atoms. The fraction of sp³-hybridized carbons (Fsp3) is 0.462. The molecule has 0 saturated heterocycles. The van der Waals surface area contributed by atoms with Gasteiger partial charge in [0, 0.05) is 16.8 Å². The lowest BCUT2D eigenvalue weighted by Crippen LogP contribution is -2.36. The van der Waals surface area contributed by atoms with Crippen molar-refractivity contribution in [3.63, 3.8) is 0 Å². The molecule has 1 aliphatic rings. The van der Waals surface area contributed by atoms with Crippen LogP contribution in [-0.4, -0.2) is 11.8 Å². The fourth-order valence-corrected chi connectivity index (χ4v) is 2.47. The summed E-state index contributed by atoms with van der Waals surface area (Å²) in [4.78, 5) is 10.7. The van der Waals surface area contributed by atoms with Crippen molar-refractivity contribution < 1.29 is 4.79 Å². The molecule has 80 valence electrons. The van der Waals surface area contributed by atoms with Gasteiger partial charge < -0.3 is 5.32 Å². The van der Waals surface area contributed by atoms with Gasteiger partial charge in [0.05, 0.1) is 0 Å². The lowest BCUT2D eigenvalue weighted by Gasteiger charge is -2.37. The number of carbonyl (C=O) groups excluding carboxylic acids is 1.